The maximum Gasteiger partial charge on any atom is 0.305 e. The first-order valence-corrected chi connectivity index (χ1v) is 14.8. The number of phenolic OH excluding ortho intramolecular Hbond substituents is 1. The number of rotatable bonds is 8. The number of aromatic hydroxyl groups is 1. The third-order valence-electron chi connectivity index (χ3n) is 6.97. The van der Waals surface area contributed by atoms with Crippen molar-refractivity contribution in [2.75, 3.05) is 23.4 Å². The maximum atomic E-state index is 13.9. The van der Waals surface area contributed by atoms with E-state index in [1.807, 2.05) is 13.0 Å². The van der Waals surface area contributed by atoms with Crippen LogP contribution in [0.25, 0.3) is 0 Å². The number of hydrogen-bond donors (Lipinski definition) is 3. The quantitative estimate of drug-likeness (QED) is 0.200. The highest BCUT2D eigenvalue weighted by Gasteiger charge is 2.56. The minimum Gasteiger partial charge on any atom is -0.508 e. The van der Waals surface area contributed by atoms with Crippen molar-refractivity contribution in [2.24, 2.45) is 5.92 Å². The van der Waals surface area contributed by atoms with Gasteiger partial charge in [0.1, 0.15) is 11.0 Å². The zero-order valence-electron chi connectivity index (χ0n) is 22.2. The Hall–Kier alpha value is -4.55. The first-order chi connectivity index (χ1) is 20.3. The fraction of sp³-hybridized carbons (Fsp3) is 0.200. The van der Waals surface area contributed by atoms with Crippen molar-refractivity contribution < 1.29 is 29.0 Å². The van der Waals surface area contributed by atoms with Gasteiger partial charge in [0.2, 0.25) is 11.8 Å². The van der Waals surface area contributed by atoms with E-state index < -0.39 is 23.0 Å². The Labute approximate surface area is 248 Å². The molecule has 0 aliphatic carbocycles. The molecule has 0 saturated carbocycles. The lowest BCUT2D eigenvalue weighted by Gasteiger charge is -2.30. The first kappa shape index (κ1) is 27.6. The molecule has 3 unspecified atom stereocenters. The number of nitrogens with one attached hydrogen (secondary N) is 2. The molecule has 2 aliphatic rings. The molecule has 3 N–H and O–H groups in total. The molecule has 3 atom stereocenters. The van der Waals surface area contributed by atoms with Gasteiger partial charge in [-0.1, -0.05) is 47.4 Å². The average molecular weight is 604 g/mol. The molecule has 3 heterocycles. The molecule has 1 aromatic heterocycles. The number of aromatic amines is 1. The number of anilines is 2. The van der Waals surface area contributed by atoms with Crippen LogP contribution >= 0.6 is 23.1 Å². The smallest absolute Gasteiger partial charge is 0.305 e. The van der Waals surface area contributed by atoms with Crippen LogP contribution in [0.15, 0.2) is 82.6 Å². The Morgan fingerprint density at radius 1 is 0.976 bits per heavy atom. The van der Waals surface area contributed by atoms with Crippen molar-refractivity contribution >= 4 is 52.2 Å². The summed E-state index contributed by atoms with van der Waals surface area (Å²) in [7, 11) is 0. The zero-order valence-corrected chi connectivity index (χ0v) is 23.9. The zero-order chi connectivity index (χ0) is 29.4. The molecule has 12 heteroatoms. The highest BCUT2D eigenvalue weighted by Crippen LogP contribution is 2.53. The number of nitrogens with zero attached hydrogens (tertiary/aromatic N) is 1. The van der Waals surface area contributed by atoms with Crippen LogP contribution in [0.4, 0.5) is 11.4 Å². The number of H-pyrrole nitrogens is 1. The Bertz CT molecular complexity index is 1720. The lowest BCUT2D eigenvalue weighted by molar-refractivity contribution is -0.122. The minimum absolute atomic E-state index is 0.0871. The third-order valence-corrected chi connectivity index (χ3v) is 9.38. The van der Waals surface area contributed by atoms with Gasteiger partial charge in [0, 0.05) is 16.5 Å². The fourth-order valence-electron chi connectivity index (χ4n) is 5.20. The van der Waals surface area contributed by atoms with E-state index in [0.717, 1.165) is 11.3 Å². The topological polar surface area (TPSA) is 138 Å². The third kappa shape index (κ3) is 5.14. The van der Waals surface area contributed by atoms with E-state index in [-0.39, 0.29) is 29.0 Å². The Kier molecular flexibility index (Phi) is 7.48. The van der Waals surface area contributed by atoms with E-state index in [9.17, 15) is 24.3 Å². The van der Waals surface area contributed by atoms with Crippen LogP contribution in [0.3, 0.4) is 0 Å². The number of hydrogen-bond acceptors (Lipinski definition) is 9. The van der Waals surface area contributed by atoms with Gasteiger partial charge in [0.15, 0.2) is 18.1 Å². The highest BCUT2D eigenvalue weighted by atomic mass is 32.2. The largest absolute Gasteiger partial charge is 0.508 e. The average Bonchev–Trinajstić information content (AvgIpc) is 3.48. The van der Waals surface area contributed by atoms with E-state index in [4.69, 9.17) is 9.47 Å². The monoisotopic (exact) mass is 603 g/mol. The maximum absolute atomic E-state index is 13.9. The molecule has 4 aromatic rings. The number of carbonyl (C=O) groups is 3. The number of imide groups is 1. The second-order valence-electron chi connectivity index (χ2n) is 9.62. The van der Waals surface area contributed by atoms with E-state index in [2.05, 4.69) is 10.3 Å². The summed E-state index contributed by atoms with van der Waals surface area (Å²) in [6, 6.07) is 20.0. The molecule has 2 aliphatic heterocycles. The summed E-state index contributed by atoms with van der Waals surface area (Å²) in [5.74, 6) is -1.60. The minimum atomic E-state index is -0.737. The lowest BCUT2D eigenvalue weighted by Crippen LogP contribution is -2.32. The van der Waals surface area contributed by atoms with E-state index in [1.54, 1.807) is 54.6 Å². The summed E-state index contributed by atoms with van der Waals surface area (Å²) in [5, 5.41) is 12.0. The summed E-state index contributed by atoms with van der Waals surface area (Å²) in [4.78, 5) is 56.8. The summed E-state index contributed by atoms with van der Waals surface area (Å²) < 4.78 is 11.6. The molecule has 0 bridgehead atoms. The van der Waals surface area contributed by atoms with E-state index in [0.29, 0.717) is 44.9 Å². The van der Waals surface area contributed by atoms with Gasteiger partial charge in [-0.05, 0) is 61.0 Å². The normalized spacial score (nSPS) is 19.3. The van der Waals surface area contributed by atoms with Crippen molar-refractivity contribution in [3.63, 3.8) is 0 Å². The van der Waals surface area contributed by atoms with Gasteiger partial charge in [0.25, 0.3) is 5.91 Å². The molecule has 3 aromatic carbocycles. The van der Waals surface area contributed by atoms with Crippen LogP contribution in [0, 0.1) is 5.92 Å². The number of ether oxygens (including phenoxy) is 2. The second-order valence-corrected chi connectivity index (χ2v) is 11.8. The predicted molar refractivity (Wildman–Crippen MR) is 159 cm³/mol. The van der Waals surface area contributed by atoms with Gasteiger partial charge in [-0.15, -0.1) is 0 Å². The Morgan fingerprint density at radius 3 is 2.48 bits per heavy atom. The second kappa shape index (κ2) is 11.4. The number of amides is 3. The van der Waals surface area contributed by atoms with Gasteiger partial charge < -0.3 is 24.9 Å². The van der Waals surface area contributed by atoms with Gasteiger partial charge >= 0.3 is 4.87 Å². The van der Waals surface area contributed by atoms with Crippen molar-refractivity contribution in [3.05, 3.63) is 92.9 Å². The molecule has 3 amide bonds. The van der Waals surface area contributed by atoms with Crippen LogP contribution in [0.1, 0.15) is 23.3 Å². The van der Waals surface area contributed by atoms with Crippen LogP contribution in [-0.4, -0.2) is 46.3 Å². The number of fused-ring (bicyclic) bond motifs is 2. The first-order valence-electron chi connectivity index (χ1n) is 13.1. The van der Waals surface area contributed by atoms with Gasteiger partial charge in [-0.2, -0.15) is 0 Å². The van der Waals surface area contributed by atoms with Crippen molar-refractivity contribution in [3.8, 4) is 17.2 Å². The molecular weight excluding hydrogens is 578 g/mol. The summed E-state index contributed by atoms with van der Waals surface area (Å²) in [6.07, 6.45) is 0. The van der Waals surface area contributed by atoms with Crippen molar-refractivity contribution in [2.45, 2.75) is 23.1 Å². The summed E-state index contributed by atoms with van der Waals surface area (Å²) in [5.41, 5.74) is 1.69. The standard InChI is InChI=1S/C30H25N3O7S2/c1-2-39-21-14-16(8-13-20(21)40-15-22(35)31-17-9-11-19(34)12-10-17)23-24-26(41-27-25(23)42-30(38)32-27)29(37)33(28(24)36)18-6-4-3-5-7-18/h3-14,23-24,26,34H,2,15H2,1H3,(H,31,35)(H,32,38). The number of benzene rings is 3. The fourth-order valence-corrected chi connectivity index (χ4v) is 7.71. The number of carbonyl (C=O) groups excluding carboxylic acids is 3. The molecule has 0 radical (unpaired) electrons. The SMILES string of the molecule is CCOc1cc(C2c3sc(=O)[nH]c3SC3C(=O)N(c4ccccc4)C(=O)C32)ccc1OCC(=O)Nc1ccc(O)cc1. The number of thiazole rings is 1. The van der Waals surface area contributed by atoms with Crippen molar-refractivity contribution in [1.82, 2.24) is 4.98 Å². The molecule has 42 heavy (non-hydrogen) atoms. The number of para-hydroxylation sites is 1. The number of thioether (sulfide) groups is 1. The summed E-state index contributed by atoms with van der Waals surface area (Å²) in [6.45, 7) is 1.83. The number of phenols is 1. The van der Waals surface area contributed by atoms with Crippen LogP contribution < -0.4 is 24.6 Å². The van der Waals surface area contributed by atoms with Crippen molar-refractivity contribution in [1.29, 1.82) is 0 Å². The Balaban J connectivity index is 1.31. The van der Waals surface area contributed by atoms with E-state index in [1.165, 1.54) is 28.8 Å². The molecule has 1 fully saturated rings. The highest BCUT2D eigenvalue weighted by molar-refractivity contribution is 8.00. The molecule has 10 nitrogen and oxygen atoms in total. The van der Waals surface area contributed by atoms with Gasteiger partial charge in [-0.25, -0.2) is 4.90 Å². The Morgan fingerprint density at radius 2 is 1.74 bits per heavy atom. The molecule has 0 spiro atoms. The van der Waals surface area contributed by atoms with Crippen LogP contribution in [0.2, 0.25) is 0 Å². The van der Waals surface area contributed by atoms with Gasteiger partial charge in [0.05, 0.1) is 23.2 Å². The number of aromatic nitrogens is 1. The molecule has 1 saturated heterocycles. The van der Waals surface area contributed by atoms with Crippen LogP contribution in [-0.2, 0) is 14.4 Å². The van der Waals surface area contributed by atoms with Crippen LogP contribution in [0.5, 0.6) is 17.2 Å². The van der Waals surface area contributed by atoms with E-state index >= 15 is 0 Å². The lowest BCUT2D eigenvalue weighted by atomic mass is 9.83. The molecule has 214 valence electrons. The predicted octanol–water partition coefficient (Wildman–Crippen LogP) is 4.35. The molecule has 6 rings (SSSR count). The molecular formula is C30H25N3O7S2. The summed E-state index contributed by atoms with van der Waals surface area (Å²) >= 11 is 2.24. The van der Waals surface area contributed by atoms with Gasteiger partial charge in [-0.3, -0.25) is 19.2 Å².